The van der Waals surface area contributed by atoms with Gasteiger partial charge < -0.3 is 10.2 Å². The maximum absolute atomic E-state index is 12.3. The maximum atomic E-state index is 12.3. The van der Waals surface area contributed by atoms with Gasteiger partial charge in [0, 0.05) is 29.0 Å². The van der Waals surface area contributed by atoms with Crippen LogP contribution < -0.4 is 5.32 Å². The lowest BCUT2D eigenvalue weighted by Gasteiger charge is -2.36. The first-order valence-electron chi connectivity index (χ1n) is 8.09. The Hall–Kier alpha value is -1.36. The number of carbonyl (C=O) groups is 2. The maximum Gasteiger partial charge on any atom is 0.227 e. The molecule has 1 saturated heterocycles. The van der Waals surface area contributed by atoms with Crippen LogP contribution in [0.25, 0.3) is 0 Å². The molecule has 2 rings (SSSR count). The van der Waals surface area contributed by atoms with Gasteiger partial charge in [-0.15, -0.1) is 0 Å². The summed E-state index contributed by atoms with van der Waals surface area (Å²) < 4.78 is 1.01. The summed E-state index contributed by atoms with van der Waals surface area (Å²) in [6.45, 7) is 7.28. The van der Waals surface area contributed by atoms with Gasteiger partial charge in [0.1, 0.15) is 0 Å². The lowest BCUT2D eigenvalue weighted by Crippen LogP contribution is -2.49. The predicted molar refractivity (Wildman–Crippen MR) is 95.0 cm³/mol. The summed E-state index contributed by atoms with van der Waals surface area (Å²) in [5.41, 5.74) is 0.670. The topological polar surface area (TPSA) is 49.4 Å². The van der Waals surface area contributed by atoms with Gasteiger partial charge in [-0.2, -0.15) is 0 Å². The molecule has 23 heavy (non-hydrogen) atoms. The van der Waals surface area contributed by atoms with E-state index in [1.54, 1.807) is 0 Å². The molecule has 4 nitrogen and oxygen atoms in total. The zero-order valence-electron chi connectivity index (χ0n) is 14.1. The molecule has 0 bridgehead atoms. The van der Waals surface area contributed by atoms with E-state index >= 15 is 0 Å². The van der Waals surface area contributed by atoms with Crippen molar-refractivity contribution >= 4 is 27.7 Å². The lowest BCUT2D eigenvalue weighted by molar-refractivity contribution is -0.140. The van der Waals surface area contributed by atoms with Crippen molar-refractivity contribution in [3.63, 3.8) is 0 Å². The van der Waals surface area contributed by atoms with Gasteiger partial charge in [-0.05, 0) is 30.5 Å². The average Bonchev–Trinajstić information content (AvgIpc) is 2.49. The molecule has 0 saturated carbocycles. The Morgan fingerprint density at radius 2 is 1.74 bits per heavy atom. The minimum atomic E-state index is -0.336. The van der Waals surface area contributed by atoms with Crippen LogP contribution >= 0.6 is 15.9 Å². The van der Waals surface area contributed by atoms with Gasteiger partial charge in [0.25, 0.3) is 0 Å². The third-order valence-corrected chi connectivity index (χ3v) is 4.60. The molecule has 0 aromatic heterocycles. The van der Waals surface area contributed by atoms with E-state index in [2.05, 4.69) is 21.2 Å². The van der Waals surface area contributed by atoms with Crippen molar-refractivity contribution in [2.24, 2.45) is 5.41 Å². The van der Waals surface area contributed by atoms with Crippen LogP contribution in [0.2, 0.25) is 0 Å². The molecule has 1 fully saturated rings. The van der Waals surface area contributed by atoms with Crippen molar-refractivity contribution in [1.82, 2.24) is 10.2 Å². The van der Waals surface area contributed by atoms with Crippen molar-refractivity contribution in [2.45, 2.75) is 46.1 Å². The van der Waals surface area contributed by atoms with Crippen LogP contribution in [0.5, 0.6) is 0 Å². The van der Waals surface area contributed by atoms with Crippen LogP contribution in [0.15, 0.2) is 28.7 Å². The van der Waals surface area contributed by atoms with Gasteiger partial charge in [0.05, 0.1) is 6.42 Å². The Morgan fingerprint density at radius 3 is 2.26 bits per heavy atom. The molecule has 5 heteroatoms. The highest BCUT2D eigenvalue weighted by Crippen LogP contribution is 2.21. The Balaban J connectivity index is 1.79. The molecule has 1 N–H and O–H groups in total. The molecule has 1 heterocycles. The number of likely N-dealkylation sites (tertiary alicyclic amines) is 1. The second-order valence-electron chi connectivity index (χ2n) is 7.19. The first kappa shape index (κ1) is 18.0. The van der Waals surface area contributed by atoms with Gasteiger partial charge in [-0.1, -0.05) is 48.8 Å². The highest BCUT2D eigenvalue weighted by atomic mass is 79.9. The van der Waals surface area contributed by atoms with Gasteiger partial charge in [0.15, 0.2) is 0 Å². The normalized spacial score (nSPS) is 16.3. The van der Waals surface area contributed by atoms with E-state index in [9.17, 15) is 9.59 Å². The van der Waals surface area contributed by atoms with Crippen molar-refractivity contribution < 1.29 is 9.59 Å². The molecule has 1 aromatic carbocycles. The number of halogens is 1. The first-order valence-corrected chi connectivity index (χ1v) is 8.88. The predicted octanol–water partition coefficient (Wildman–Crippen LogP) is 3.14. The zero-order valence-corrected chi connectivity index (χ0v) is 15.6. The number of nitrogens with one attached hydrogen (secondary N) is 1. The van der Waals surface area contributed by atoms with Crippen LogP contribution in [0.4, 0.5) is 0 Å². The van der Waals surface area contributed by atoms with Gasteiger partial charge in [0.2, 0.25) is 11.8 Å². The highest BCUT2D eigenvalue weighted by molar-refractivity contribution is 9.10. The molecule has 1 aromatic rings. The number of rotatable bonds is 3. The van der Waals surface area contributed by atoms with Crippen LogP contribution in [0.1, 0.15) is 39.2 Å². The lowest BCUT2D eigenvalue weighted by atomic mass is 9.93. The Morgan fingerprint density at radius 1 is 1.17 bits per heavy atom. The van der Waals surface area contributed by atoms with E-state index in [0.29, 0.717) is 6.42 Å². The number of hydrogen-bond acceptors (Lipinski definition) is 2. The molecular weight excluding hydrogens is 356 g/mol. The Bertz CT molecular complexity index is 555. The fourth-order valence-electron chi connectivity index (χ4n) is 2.77. The third-order valence-electron chi connectivity index (χ3n) is 4.07. The summed E-state index contributed by atoms with van der Waals surface area (Å²) >= 11 is 3.39. The summed E-state index contributed by atoms with van der Waals surface area (Å²) in [4.78, 5) is 26.3. The van der Waals surface area contributed by atoms with Crippen LogP contribution in [-0.4, -0.2) is 35.8 Å². The molecular formula is C18H25BrN2O2. The molecule has 0 unspecified atom stereocenters. The van der Waals surface area contributed by atoms with Gasteiger partial charge in [-0.25, -0.2) is 0 Å². The van der Waals surface area contributed by atoms with E-state index < -0.39 is 0 Å². The summed E-state index contributed by atoms with van der Waals surface area (Å²) in [6, 6.07) is 7.96. The average molecular weight is 381 g/mol. The monoisotopic (exact) mass is 380 g/mol. The van der Waals surface area contributed by atoms with Crippen molar-refractivity contribution in [3.05, 3.63) is 34.3 Å². The minimum absolute atomic E-state index is 0.0490. The molecule has 126 valence electrons. The molecule has 0 atom stereocenters. The second kappa shape index (κ2) is 7.47. The minimum Gasteiger partial charge on any atom is -0.353 e. The summed E-state index contributed by atoms with van der Waals surface area (Å²) in [5.74, 6) is 0.241. The number of hydrogen-bond donors (Lipinski definition) is 1. The first-order chi connectivity index (χ1) is 10.8. The van der Waals surface area contributed by atoms with E-state index in [1.165, 1.54) is 0 Å². The number of nitrogens with zero attached hydrogens (tertiary/aromatic N) is 1. The smallest absolute Gasteiger partial charge is 0.227 e. The zero-order chi connectivity index (χ0) is 17.0. The third kappa shape index (κ3) is 5.34. The molecule has 0 radical (unpaired) electrons. The molecule has 1 aliphatic rings. The number of amides is 2. The van der Waals surface area contributed by atoms with Crippen LogP contribution in [0.3, 0.4) is 0 Å². The molecule has 1 aliphatic heterocycles. The Labute approximate surface area is 146 Å². The number of piperidine rings is 1. The molecule has 2 amide bonds. The number of carbonyl (C=O) groups excluding carboxylic acids is 2. The Kier molecular flexibility index (Phi) is 5.84. The van der Waals surface area contributed by atoms with Gasteiger partial charge >= 0.3 is 0 Å². The summed E-state index contributed by atoms with van der Waals surface area (Å²) in [7, 11) is 0. The SMILES string of the molecule is CC(C)(C)C(=O)N1CCC(NC(=O)Cc2ccc(Br)cc2)CC1. The quantitative estimate of drug-likeness (QED) is 0.875. The van der Waals surface area contributed by atoms with Crippen molar-refractivity contribution in [2.75, 3.05) is 13.1 Å². The fourth-order valence-corrected chi connectivity index (χ4v) is 3.03. The van der Waals surface area contributed by atoms with Gasteiger partial charge in [-0.3, -0.25) is 9.59 Å². The highest BCUT2D eigenvalue weighted by Gasteiger charge is 2.30. The van der Waals surface area contributed by atoms with Crippen molar-refractivity contribution in [1.29, 1.82) is 0 Å². The summed E-state index contributed by atoms with van der Waals surface area (Å²) in [6.07, 6.45) is 2.05. The molecule has 0 aliphatic carbocycles. The van der Waals surface area contributed by atoms with E-state index in [4.69, 9.17) is 0 Å². The number of benzene rings is 1. The van der Waals surface area contributed by atoms with Crippen molar-refractivity contribution in [3.8, 4) is 0 Å². The van der Waals surface area contributed by atoms with Crippen LogP contribution in [-0.2, 0) is 16.0 Å². The fraction of sp³-hybridized carbons (Fsp3) is 0.556. The van der Waals surface area contributed by atoms with E-state index in [-0.39, 0.29) is 23.3 Å². The van der Waals surface area contributed by atoms with E-state index in [1.807, 2.05) is 49.9 Å². The standard InChI is InChI=1S/C18H25BrN2O2/c1-18(2,3)17(23)21-10-8-15(9-11-21)20-16(22)12-13-4-6-14(19)7-5-13/h4-7,15H,8-12H2,1-3H3,(H,20,22). The van der Waals surface area contributed by atoms with E-state index in [0.717, 1.165) is 36.0 Å². The second-order valence-corrected chi connectivity index (χ2v) is 8.10. The largest absolute Gasteiger partial charge is 0.353 e. The van der Waals surface area contributed by atoms with Crippen LogP contribution in [0, 0.1) is 5.41 Å². The summed E-state index contributed by atoms with van der Waals surface area (Å²) in [5, 5.41) is 3.09. The molecule has 0 spiro atoms.